The van der Waals surface area contributed by atoms with Crippen molar-refractivity contribution in [3.8, 4) is 0 Å². The monoisotopic (exact) mass is 451 g/mol. The van der Waals surface area contributed by atoms with Crippen molar-refractivity contribution in [3.05, 3.63) is 51.4 Å². The summed E-state index contributed by atoms with van der Waals surface area (Å²) in [4.78, 5) is 37.0. The Labute approximate surface area is 187 Å². The number of nitrogens with zero attached hydrogens (tertiary/aromatic N) is 3. The number of allylic oxidation sites excluding steroid dienone is 1. The van der Waals surface area contributed by atoms with Crippen molar-refractivity contribution < 1.29 is 28.8 Å². The van der Waals surface area contributed by atoms with E-state index in [1.165, 1.54) is 29.2 Å². The number of benzene rings is 1. The maximum absolute atomic E-state index is 12.9. The summed E-state index contributed by atoms with van der Waals surface area (Å²) in [6, 6.07) is 5.57. The molecule has 10 heteroatoms. The molecule has 1 unspecified atom stereocenters. The summed E-state index contributed by atoms with van der Waals surface area (Å²) in [7, 11) is 0. The average molecular weight is 452 g/mol. The van der Waals surface area contributed by atoms with Gasteiger partial charge in [0.05, 0.1) is 24.6 Å². The molecule has 31 heavy (non-hydrogen) atoms. The van der Waals surface area contributed by atoms with Gasteiger partial charge in [0, 0.05) is 12.1 Å². The molecule has 0 aromatic heterocycles. The van der Waals surface area contributed by atoms with E-state index in [4.69, 9.17) is 4.74 Å². The number of non-ortho nitro benzene ring substituents is 1. The molecule has 170 valence electrons. The molecule has 1 fully saturated rings. The van der Waals surface area contributed by atoms with Gasteiger partial charge in [0.1, 0.15) is 18.7 Å². The van der Waals surface area contributed by atoms with Crippen LogP contribution < -0.4 is 5.11 Å². The number of quaternary nitrogens is 1. The van der Waals surface area contributed by atoms with Crippen LogP contribution >= 0.6 is 12.6 Å². The van der Waals surface area contributed by atoms with E-state index in [-0.39, 0.29) is 48.7 Å². The minimum Gasteiger partial charge on any atom is -0.874 e. The van der Waals surface area contributed by atoms with Crippen molar-refractivity contribution in [1.29, 1.82) is 0 Å². The zero-order valence-corrected chi connectivity index (χ0v) is 19.0. The van der Waals surface area contributed by atoms with Gasteiger partial charge in [0.25, 0.3) is 5.69 Å². The summed E-state index contributed by atoms with van der Waals surface area (Å²) in [5.74, 6) is -1.40. The number of esters is 1. The average Bonchev–Trinajstić information content (AvgIpc) is 2.76. The van der Waals surface area contributed by atoms with Crippen LogP contribution in [0, 0.1) is 10.1 Å². The molecular formula is C21H29N3O6S. The number of hydrogen-bond donors (Lipinski definition) is 1. The van der Waals surface area contributed by atoms with Crippen molar-refractivity contribution in [2.24, 2.45) is 0 Å². The molecule has 1 heterocycles. The SMILES string of the molecule is CC[N+](CC)(CC)C1CC(=O)N1/C(C(=O)OCc1ccc([N+](=O)[O-])cc1)=C(/[O-])CCS. The predicted octanol–water partition coefficient (Wildman–Crippen LogP) is 1.96. The smallest absolute Gasteiger partial charge is 0.354 e. The molecule has 2 rings (SSSR count). The van der Waals surface area contributed by atoms with Crippen molar-refractivity contribution in [1.82, 2.24) is 4.90 Å². The van der Waals surface area contributed by atoms with Gasteiger partial charge >= 0.3 is 5.97 Å². The molecular weight excluding hydrogens is 422 g/mol. The highest BCUT2D eigenvalue weighted by Gasteiger charge is 2.52. The zero-order valence-electron chi connectivity index (χ0n) is 18.1. The Balaban J connectivity index is 2.27. The van der Waals surface area contributed by atoms with Crippen molar-refractivity contribution in [2.45, 2.75) is 46.4 Å². The van der Waals surface area contributed by atoms with E-state index in [1.807, 2.05) is 20.8 Å². The van der Waals surface area contributed by atoms with Crippen LogP contribution in [-0.4, -0.2) is 57.7 Å². The van der Waals surface area contributed by atoms with E-state index >= 15 is 0 Å². The molecule has 1 aromatic rings. The van der Waals surface area contributed by atoms with Crippen LogP contribution in [0.25, 0.3) is 0 Å². The molecule has 1 aliphatic heterocycles. The van der Waals surface area contributed by atoms with E-state index in [0.29, 0.717) is 10.0 Å². The van der Waals surface area contributed by atoms with Crippen LogP contribution in [0.4, 0.5) is 5.69 Å². The molecule has 1 amide bonds. The number of nitro benzene ring substituents is 1. The van der Waals surface area contributed by atoms with Crippen LogP contribution in [0.5, 0.6) is 0 Å². The molecule has 0 N–H and O–H groups in total. The van der Waals surface area contributed by atoms with Gasteiger partial charge in [0.15, 0.2) is 6.17 Å². The summed E-state index contributed by atoms with van der Waals surface area (Å²) in [5, 5.41) is 23.5. The van der Waals surface area contributed by atoms with E-state index < -0.39 is 16.7 Å². The summed E-state index contributed by atoms with van der Waals surface area (Å²) < 4.78 is 5.92. The highest BCUT2D eigenvalue weighted by molar-refractivity contribution is 7.80. The zero-order chi connectivity index (χ0) is 23.2. The molecule has 1 saturated heterocycles. The minimum absolute atomic E-state index is 0.00590. The Morgan fingerprint density at radius 2 is 1.81 bits per heavy atom. The van der Waals surface area contributed by atoms with E-state index in [9.17, 15) is 24.8 Å². The van der Waals surface area contributed by atoms with E-state index in [0.717, 1.165) is 19.6 Å². The maximum atomic E-state index is 12.9. The first-order chi connectivity index (χ1) is 14.7. The molecule has 1 atom stereocenters. The molecule has 9 nitrogen and oxygen atoms in total. The predicted molar refractivity (Wildman–Crippen MR) is 116 cm³/mol. The normalized spacial score (nSPS) is 17.1. The van der Waals surface area contributed by atoms with Crippen molar-refractivity contribution in [3.63, 3.8) is 0 Å². The Morgan fingerprint density at radius 1 is 1.23 bits per heavy atom. The van der Waals surface area contributed by atoms with Crippen LogP contribution in [0.1, 0.15) is 39.2 Å². The second kappa shape index (κ2) is 10.6. The number of hydrogen-bond acceptors (Lipinski definition) is 7. The number of ether oxygens (including phenoxy) is 1. The Hall–Kier alpha value is -2.59. The fourth-order valence-corrected chi connectivity index (χ4v) is 4.12. The standard InChI is InChI=1S/C21H29N3O6S/c1-4-24(5-2,6-3)18-13-19(26)22(18)20(17(25)11-12-31)21(27)30-14-15-7-9-16(10-8-15)23(28)29/h7-10,18H,4-6,11-14H2,1-3H3,(H-,25,27,31). The van der Waals surface area contributed by atoms with Gasteiger partial charge < -0.3 is 14.3 Å². The molecule has 0 radical (unpaired) electrons. The minimum atomic E-state index is -0.871. The fraction of sp³-hybridized carbons (Fsp3) is 0.524. The van der Waals surface area contributed by atoms with Gasteiger partial charge in [-0.2, -0.15) is 12.6 Å². The fourth-order valence-electron chi connectivity index (χ4n) is 3.91. The number of likely N-dealkylation sites (tertiary alicyclic amines) is 1. The van der Waals surface area contributed by atoms with Gasteiger partial charge in [-0.15, -0.1) is 0 Å². The lowest BCUT2D eigenvalue weighted by molar-refractivity contribution is -0.958. The van der Waals surface area contributed by atoms with Gasteiger partial charge in [-0.3, -0.25) is 19.8 Å². The highest BCUT2D eigenvalue weighted by atomic mass is 32.1. The summed E-state index contributed by atoms with van der Waals surface area (Å²) in [5.41, 5.74) is 0.204. The van der Waals surface area contributed by atoms with Gasteiger partial charge in [-0.1, -0.05) is 5.76 Å². The van der Waals surface area contributed by atoms with E-state index in [1.54, 1.807) is 0 Å². The maximum Gasteiger partial charge on any atom is 0.354 e. The number of carbonyl (C=O) groups is 2. The lowest BCUT2D eigenvalue weighted by Gasteiger charge is -2.53. The third-order valence-electron chi connectivity index (χ3n) is 6.00. The first-order valence-electron chi connectivity index (χ1n) is 10.3. The second-order valence-electron chi connectivity index (χ2n) is 7.36. The second-order valence-corrected chi connectivity index (χ2v) is 7.81. The van der Waals surface area contributed by atoms with Crippen LogP contribution in [0.2, 0.25) is 0 Å². The topological polar surface area (TPSA) is 113 Å². The van der Waals surface area contributed by atoms with Gasteiger partial charge in [-0.05, 0) is 50.6 Å². The van der Waals surface area contributed by atoms with E-state index in [2.05, 4.69) is 12.6 Å². The lowest BCUT2D eigenvalue weighted by Crippen LogP contribution is -2.70. The quantitative estimate of drug-likeness (QED) is 0.0804. The van der Waals surface area contributed by atoms with Gasteiger partial charge in [0.2, 0.25) is 5.91 Å². The summed E-state index contributed by atoms with van der Waals surface area (Å²) in [6.07, 6.45) is -0.0207. The lowest BCUT2D eigenvalue weighted by atomic mass is 10.0. The summed E-state index contributed by atoms with van der Waals surface area (Å²) in [6.45, 7) is 8.17. The first-order valence-corrected chi connectivity index (χ1v) is 11.0. The Kier molecular flexibility index (Phi) is 8.46. The number of amides is 1. The largest absolute Gasteiger partial charge is 0.874 e. The Morgan fingerprint density at radius 3 is 2.26 bits per heavy atom. The van der Waals surface area contributed by atoms with Crippen molar-refractivity contribution >= 4 is 30.2 Å². The van der Waals surface area contributed by atoms with Crippen LogP contribution in [-0.2, 0) is 20.9 Å². The molecule has 0 saturated carbocycles. The number of rotatable bonds is 11. The Bertz CT molecular complexity index is 843. The summed E-state index contributed by atoms with van der Waals surface area (Å²) >= 11 is 4.08. The van der Waals surface area contributed by atoms with Crippen molar-refractivity contribution in [2.75, 3.05) is 25.4 Å². The number of thiol groups is 1. The molecule has 1 aromatic carbocycles. The first kappa shape index (κ1) is 24.7. The third-order valence-corrected chi connectivity index (χ3v) is 6.22. The van der Waals surface area contributed by atoms with Gasteiger partial charge in [-0.25, -0.2) is 4.79 Å². The highest BCUT2D eigenvalue weighted by Crippen LogP contribution is 2.34. The number of β-lactam (4-membered cyclic amide) rings is 1. The molecule has 1 aliphatic rings. The molecule has 0 aliphatic carbocycles. The van der Waals surface area contributed by atoms with Crippen LogP contribution in [0.15, 0.2) is 35.7 Å². The molecule has 0 spiro atoms. The molecule has 0 bridgehead atoms. The van der Waals surface area contributed by atoms with Crippen LogP contribution in [0.3, 0.4) is 0 Å². The number of nitro groups is 1. The third kappa shape index (κ3) is 5.19. The number of carbonyl (C=O) groups excluding carboxylic acids is 2.